The van der Waals surface area contributed by atoms with Gasteiger partial charge in [-0.05, 0) is 65.9 Å². The van der Waals surface area contributed by atoms with Crippen molar-refractivity contribution in [1.82, 2.24) is 0 Å². The van der Waals surface area contributed by atoms with Gasteiger partial charge in [-0.15, -0.1) is 0 Å². The highest BCUT2D eigenvalue weighted by Crippen LogP contribution is 2.42. The molecule has 0 unspecified atom stereocenters. The Labute approximate surface area is 379 Å². The van der Waals surface area contributed by atoms with Gasteiger partial charge < -0.3 is 38.3 Å². The number of para-hydroxylation sites is 1. The van der Waals surface area contributed by atoms with E-state index in [1.807, 2.05) is 97.1 Å². The average Bonchev–Trinajstić information content (AvgIpc) is 3.33. The van der Waals surface area contributed by atoms with Crippen LogP contribution in [-0.2, 0) is 24.5 Å². The van der Waals surface area contributed by atoms with E-state index in [0.29, 0.717) is 19.0 Å². The number of methoxy groups -OCH3 is 2. The smallest absolute Gasteiger partial charge is 0.229 e. The van der Waals surface area contributed by atoms with Crippen LogP contribution in [0.4, 0.5) is 0 Å². The van der Waals surface area contributed by atoms with E-state index in [0.717, 1.165) is 53.9 Å². The molecule has 5 rings (SSSR count). The molecule has 4 aromatic carbocycles. The van der Waals surface area contributed by atoms with Gasteiger partial charge in [-0.3, -0.25) is 0 Å². The van der Waals surface area contributed by atoms with Crippen molar-refractivity contribution in [2.75, 3.05) is 34.0 Å². The normalized spacial score (nSPS) is 18.9. The molecule has 0 aliphatic carbocycles. The number of aliphatic hydroxyl groups excluding tert-OH is 1. The third kappa shape index (κ3) is 15.6. The largest absolute Gasteiger partial charge is 0.497 e. The Hall–Kier alpha value is -3.92. The number of hydrogen-bond donors (Lipinski definition) is 1. The minimum Gasteiger partial charge on any atom is -0.497 e. The predicted molar refractivity (Wildman–Crippen MR) is 254 cm³/mol. The Balaban J connectivity index is 1.40. The molecule has 1 aliphatic heterocycles. The van der Waals surface area contributed by atoms with Crippen molar-refractivity contribution in [2.45, 2.75) is 166 Å². The molecule has 1 aliphatic rings. The maximum absolute atomic E-state index is 12.4. The van der Waals surface area contributed by atoms with Crippen LogP contribution in [0.1, 0.15) is 146 Å². The Morgan fingerprint density at radius 1 is 0.476 bits per heavy atom. The van der Waals surface area contributed by atoms with Gasteiger partial charge >= 0.3 is 0 Å². The van der Waals surface area contributed by atoms with Gasteiger partial charge in [0.15, 0.2) is 0 Å². The lowest BCUT2D eigenvalue weighted by atomic mass is 9.80. The third-order valence-corrected chi connectivity index (χ3v) is 12.4. The Morgan fingerprint density at radius 3 is 1.35 bits per heavy atom. The van der Waals surface area contributed by atoms with E-state index in [4.69, 9.17) is 33.2 Å². The van der Waals surface area contributed by atoms with E-state index in [-0.39, 0.29) is 6.61 Å². The molecule has 1 heterocycles. The lowest BCUT2D eigenvalue weighted by molar-refractivity contribution is -0.300. The van der Waals surface area contributed by atoms with Gasteiger partial charge in [0, 0.05) is 13.2 Å². The number of aliphatic hydroxyl groups is 1. The van der Waals surface area contributed by atoms with Gasteiger partial charge in [0.05, 0.1) is 20.8 Å². The summed E-state index contributed by atoms with van der Waals surface area (Å²) >= 11 is 0. The maximum Gasteiger partial charge on any atom is 0.229 e. The molecule has 63 heavy (non-hydrogen) atoms. The second-order valence-electron chi connectivity index (χ2n) is 17.1. The van der Waals surface area contributed by atoms with E-state index in [2.05, 4.69) is 26.0 Å². The van der Waals surface area contributed by atoms with E-state index in [1.54, 1.807) is 14.2 Å². The quantitative estimate of drug-likeness (QED) is 0.0384. The third-order valence-electron chi connectivity index (χ3n) is 12.4. The fourth-order valence-electron chi connectivity index (χ4n) is 8.67. The summed E-state index contributed by atoms with van der Waals surface area (Å²) in [5, 5.41) is 12.4. The first-order valence-electron chi connectivity index (χ1n) is 24.3. The van der Waals surface area contributed by atoms with Crippen LogP contribution in [0.3, 0.4) is 0 Å². The van der Waals surface area contributed by atoms with Crippen LogP contribution in [0.25, 0.3) is 0 Å². The zero-order valence-corrected chi connectivity index (χ0v) is 38.9. The van der Waals surface area contributed by atoms with Crippen molar-refractivity contribution >= 4 is 0 Å². The van der Waals surface area contributed by atoms with E-state index >= 15 is 0 Å². The summed E-state index contributed by atoms with van der Waals surface area (Å²) in [5.41, 5.74) is 1.60. The van der Waals surface area contributed by atoms with Crippen LogP contribution >= 0.6 is 0 Å². The fourth-order valence-corrected chi connectivity index (χ4v) is 8.67. The van der Waals surface area contributed by atoms with Gasteiger partial charge in [-0.2, -0.15) is 0 Å². The standard InChI is InChI=1S/C55H78O8/c1-5-7-9-11-13-15-17-19-27-41-59-52-51(56)50(63-54(62-49-31-25-22-26-32-49)53(52)60-42-28-20-18-16-14-12-10-8-6-2)43-61-55(44-29-23-21-24-30-44,45-33-37-47(57-3)38-34-45)46-35-39-48(58-4)40-36-46/h21-26,29-40,50-54,56H,5-20,27-28,41-43H2,1-4H3/t50-,51-,52+,53-,54-/m1/s1. The molecule has 0 aromatic heterocycles. The van der Waals surface area contributed by atoms with Crippen molar-refractivity contribution in [3.8, 4) is 17.2 Å². The molecule has 1 saturated heterocycles. The number of ether oxygens (including phenoxy) is 7. The molecule has 0 amide bonds. The molecule has 1 N–H and O–H groups in total. The van der Waals surface area contributed by atoms with Gasteiger partial charge in [-0.25, -0.2) is 0 Å². The van der Waals surface area contributed by atoms with Gasteiger partial charge in [-0.1, -0.05) is 189 Å². The molecular weight excluding hydrogens is 789 g/mol. The number of hydrogen-bond acceptors (Lipinski definition) is 8. The van der Waals surface area contributed by atoms with Crippen LogP contribution in [0, 0.1) is 0 Å². The Kier molecular flexibility index (Phi) is 22.9. The van der Waals surface area contributed by atoms with Gasteiger partial charge in [0.2, 0.25) is 6.29 Å². The van der Waals surface area contributed by atoms with Crippen molar-refractivity contribution in [3.05, 3.63) is 126 Å². The van der Waals surface area contributed by atoms with Crippen LogP contribution in [0.5, 0.6) is 17.2 Å². The highest BCUT2D eigenvalue weighted by molar-refractivity contribution is 5.49. The summed E-state index contributed by atoms with van der Waals surface area (Å²) in [4.78, 5) is 0. The van der Waals surface area contributed by atoms with E-state index in [1.165, 1.54) is 89.9 Å². The number of benzene rings is 4. The Bertz CT molecular complexity index is 1690. The van der Waals surface area contributed by atoms with Crippen LogP contribution in [-0.4, -0.2) is 69.9 Å². The molecule has 8 nitrogen and oxygen atoms in total. The second-order valence-corrected chi connectivity index (χ2v) is 17.1. The molecule has 0 saturated carbocycles. The molecule has 0 radical (unpaired) electrons. The van der Waals surface area contributed by atoms with Crippen LogP contribution < -0.4 is 14.2 Å². The van der Waals surface area contributed by atoms with Crippen LogP contribution in [0.15, 0.2) is 109 Å². The maximum atomic E-state index is 12.4. The molecule has 4 aromatic rings. The van der Waals surface area contributed by atoms with Crippen LogP contribution in [0.2, 0.25) is 0 Å². The molecule has 0 spiro atoms. The summed E-state index contributed by atoms with van der Waals surface area (Å²) in [6.07, 6.45) is 17.8. The lowest BCUT2D eigenvalue weighted by Crippen LogP contribution is -2.62. The SMILES string of the molecule is CCCCCCCCCCCO[C@H]1[C@H](Oc2ccccc2)O[C@H](COC(c2ccccc2)(c2ccc(OC)cc2)c2ccc(OC)cc2)[C@@H](O)[C@@H]1OCCCCCCCCCCC. The summed E-state index contributed by atoms with van der Waals surface area (Å²) in [6, 6.07) is 35.8. The van der Waals surface area contributed by atoms with Crippen molar-refractivity contribution in [2.24, 2.45) is 0 Å². The highest BCUT2D eigenvalue weighted by atomic mass is 16.7. The molecule has 1 fully saturated rings. The van der Waals surface area contributed by atoms with Crippen molar-refractivity contribution < 1.29 is 38.3 Å². The topological polar surface area (TPSA) is 84.8 Å². The predicted octanol–water partition coefficient (Wildman–Crippen LogP) is 13.0. The van der Waals surface area contributed by atoms with E-state index in [9.17, 15) is 5.11 Å². The van der Waals surface area contributed by atoms with Crippen molar-refractivity contribution in [3.63, 3.8) is 0 Å². The van der Waals surface area contributed by atoms with Gasteiger partial charge in [0.1, 0.15) is 47.3 Å². The summed E-state index contributed by atoms with van der Waals surface area (Å²) < 4.78 is 45.3. The lowest BCUT2D eigenvalue weighted by Gasteiger charge is -2.45. The van der Waals surface area contributed by atoms with Crippen molar-refractivity contribution in [1.29, 1.82) is 0 Å². The molecular formula is C55H78O8. The monoisotopic (exact) mass is 867 g/mol. The average molecular weight is 867 g/mol. The zero-order valence-electron chi connectivity index (χ0n) is 38.9. The Morgan fingerprint density at radius 2 is 0.889 bits per heavy atom. The number of rotatable bonds is 32. The minimum absolute atomic E-state index is 0.0195. The molecule has 0 bridgehead atoms. The first kappa shape index (κ1) is 50.1. The van der Waals surface area contributed by atoms with E-state index < -0.39 is 36.3 Å². The summed E-state index contributed by atoms with van der Waals surface area (Å²) in [6.45, 7) is 5.57. The summed E-state index contributed by atoms with van der Waals surface area (Å²) in [5.74, 6) is 2.13. The first-order chi connectivity index (χ1) is 31.0. The second kappa shape index (κ2) is 28.8. The number of unbranched alkanes of at least 4 members (excludes halogenated alkanes) is 16. The summed E-state index contributed by atoms with van der Waals surface area (Å²) in [7, 11) is 3.33. The minimum atomic E-state index is -1.10. The fraction of sp³-hybridized carbons (Fsp3) is 0.564. The highest BCUT2D eigenvalue weighted by Gasteiger charge is 2.49. The molecule has 8 heteroatoms. The molecule has 346 valence electrons. The van der Waals surface area contributed by atoms with Gasteiger partial charge in [0.25, 0.3) is 0 Å². The molecule has 5 atom stereocenters. The first-order valence-corrected chi connectivity index (χ1v) is 24.3. The zero-order chi connectivity index (χ0) is 44.4.